The SMILES string of the molecule is CC(=O)C(C)C=O. The molecule has 0 radical (unpaired) electrons. The van der Waals surface area contributed by atoms with Gasteiger partial charge in [-0.2, -0.15) is 0 Å². The second-order valence-corrected chi connectivity index (χ2v) is 1.54. The predicted molar refractivity (Wildman–Crippen MR) is 25.9 cm³/mol. The topological polar surface area (TPSA) is 34.1 Å². The maximum absolute atomic E-state index is 10.1. The molecule has 0 heterocycles. The summed E-state index contributed by atoms with van der Waals surface area (Å²) in [6.45, 7) is 2.98. The van der Waals surface area contributed by atoms with Crippen LogP contribution in [-0.2, 0) is 9.59 Å². The summed E-state index contributed by atoms with van der Waals surface area (Å²) in [4.78, 5) is 19.9. The van der Waals surface area contributed by atoms with E-state index in [9.17, 15) is 9.59 Å². The largest absolute Gasteiger partial charge is 0.303 e. The highest BCUT2D eigenvalue weighted by Crippen LogP contribution is 1.87. The molecule has 1 atom stereocenters. The number of hydrogen-bond donors (Lipinski definition) is 0. The first-order chi connectivity index (χ1) is 3.18. The van der Waals surface area contributed by atoms with Crippen LogP contribution in [0.4, 0.5) is 0 Å². The van der Waals surface area contributed by atoms with Crippen LogP contribution >= 0.6 is 0 Å². The van der Waals surface area contributed by atoms with Crippen LogP contribution in [0, 0.1) is 5.92 Å². The van der Waals surface area contributed by atoms with Crippen molar-refractivity contribution < 1.29 is 9.59 Å². The van der Waals surface area contributed by atoms with Gasteiger partial charge in [0.05, 0.1) is 5.92 Å². The molecule has 0 aromatic rings. The smallest absolute Gasteiger partial charge is 0.139 e. The van der Waals surface area contributed by atoms with Gasteiger partial charge in [0, 0.05) is 0 Å². The lowest BCUT2D eigenvalue weighted by molar-refractivity contribution is -0.124. The minimum atomic E-state index is -0.417. The Morgan fingerprint density at radius 3 is 2.14 bits per heavy atom. The van der Waals surface area contributed by atoms with E-state index in [4.69, 9.17) is 0 Å². The fourth-order valence-corrected chi connectivity index (χ4v) is 0.0958. The van der Waals surface area contributed by atoms with Gasteiger partial charge in [-0.05, 0) is 13.8 Å². The van der Waals surface area contributed by atoms with Gasteiger partial charge in [-0.15, -0.1) is 0 Å². The van der Waals surface area contributed by atoms with Gasteiger partial charge >= 0.3 is 0 Å². The molecule has 2 nitrogen and oxygen atoms in total. The molecule has 2 heteroatoms. The molecule has 40 valence electrons. The van der Waals surface area contributed by atoms with Crippen LogP contribution in [0.1, 0.15) is 13.8 Å². The number of carbonyl (C=O) groups is 2. The summed E-state index contributed by atoms with van der Waals surface area (Å²) in [7, 11) is 0. The van der Waals surface area contributed by atoms with E-state index in [1.807, 2.05) is 0 Å². The number of aldehydes is 1. The summed E-state index contributed by atoms with van der Waals surface area (Å²) < 4.78 is 0. The highest BCUT2D eigenvalue weighted by atomic mass is 16.1. The molecule has 0 aliphatic rings. The predicted octanol–water partition coefficient (Wildman–Crippen LogP) is 0.410. The molecular formula is C5H8O2. The van der Waals surface area contributed by atoms with Gasteiger partial charge in [-0.25, -0.2) is 0 Å². The highest BCUT2D eigenvalue weighted by molar-refractivity contribution is 5.90. The molecule has 0 saturated carbocycles. The van der Waals surface area contributed by atoms with E-state index in [1.54, 1.807) is 6.92 Å². The molecule has 0 rings (SSSR count). The minimum Gasteiger partial charge on any atom is -0.303 e. The maximum Gasteiger partial charge on any atom is 0.139 e. The minimum absolute atomic E-state index is 0.0741. The molecule has 0 bridgehead atoms. The third-order valence-corrected chi connectivity index (χ3v) is 0.845. The van der Waals surface area contributed by atoms with Gasteiger partial charge in [-0.1, -0.05) is 0 Å². The third kappa shape index (κ3) is 2.09. The van der Waals surface area contributed by atoms with Gasteiger partial charge in [0.2, 0.25) is 0 Å². The summed E-state index contributed by atoms with van der Waals surface area (Å²) in [6, 6.07) is 0. The van der Waals surface area contributed by atoms with Gasteiger partial charge < -0.3 is 4.79 Å². The van der Waals surface area contributed by atoms with Crippen LogP contribution in [0.25, 0.3) is 0 Å². The zero-order valence-corrected chi connectivity index (χ0v) is 4.47. The normalized spacial score (nSPS) is 12.9. The Labute approximate surface area is 42.5 Å². The average molecular weight is 100 g/mol. The molecule has 0 aliphatic carbocycles. The van der Waals surface area contributed by atoms with Gasteiger partial charge in [0.1, 0.15) is 12.1 Å². The summed E-state index contributed by atoms with van der Waals surface area (Å²) in [5.41, 5.74) is 0. The van der Waals surface area contributed by atoms with Crippen LogP contribution in [0.2, 0.25) is 0 Å². The molecular weight excluding hydrogens is 92.1 g/mol. The lowest BCUT2D eigenvalue weighted by atomic mass is 10.1. The summed E-state index contributed by atoms with van der Waals surface area (Å²) >= 11 is 0. The number of ketones is 1. The van der Waals surface area contributed by atoms with E-state index in [2.05, 4.69) is 0 Å². The van der Waals surface area contributed by atoms with E-state index >= 15 is 0 Å². The first kappa shape index (κ1) is 6.34. The van der Waals surface area contributed by atoms with Crippen LogP contribution in [0.15, 0.2) is 0 Å². The Hall–Kier alpha value is -0.660. The van der Waals surface area contributed by atoms with E-state index in [0.717, 1.165) is 0 Å². The Morgan fingerprint density at radius 1 is 1.71 bits per heavy atom. The molecule has 0 aromatic heterocycles. The number of rotatable bonds is 2. The fraction of sp³-hybridized carbons (Fsp3) is 0.600. The van der Waals surface area contributed by atoms with Crippen molar-refractivity contribution in [2.75, 3.05) is 0 Å². The Morgan fingerprint density at radius 2 is 2.14 bits per heavy atom. The first-order valence-electron chi connectivity index (χ1n) is 2.14. The van der Waals surface area contributed by atoms with Crippen molar-refractivity contribution in [2.24, 2.45) is 5.92 Å². The zero-order valence-electron chi connectivity index (χ0n) is 4.47. The Bertz CT molecular complexity index is 86.1. The van der Waals surface area contributed by atoms with Gasteiger partial charge in [0.25, 0.3) is 0 Å². The van der Waals surface area contributed by atoms with Crippen molar-refractivity contribution in [3.8, 4) is 0 Å². The van der Waals surface area contributed by atoms with Crippen molar-refractivity contribution in [1.82, 2.24) is 0 Å². The van der Waals surface area contributed by atoms with E-state index in [-0.39, 0.29) is 5.78 Å². The van der Waals surface area contributed by atoms with Crippen molar-refractivity contribution in [2.45, 2.75) is 13.8 Å². The molecule has 7 heavy (non-hydrogen) atoms. The van der Waals surface area contributed by atoms with Crippen LogP contribution in [0.3, 0.4) is 0 Å². The monoisotopic (exact) mass is 100 g/mol. The van der Waals surface area contributed by atoms with E-state index < -0.39 is 5.92 Å². The maximum atomic E-state index is 10.1. The molecule has 0 fully saturated rings. The zero-order chi connectivity index (χ0) is 5.86. The molecule has 0 saturated heterocycles. The summed E-state index contributed by atoms with van der Waals surface area (Å²) in [5.74, 6) is -0.491. The molecule has 0 aliphatic heterocycles. The molecule has 0 aromatic carbocycles. The fourth-order valence-electron chi connectivity index (χ4n) is 0.0958. The van der Waals surface area contributed by atoms with Gasteiger partial charge in [-0.3, -0.25) is 4.79 Å². The van der Waals surface area contributed by atoms with Crippen LogP contribution < -0.4 is 0 Å². The van der Waals surface area contributed by atoms with E-state index in [1.165, 1.54) is 6.92 Å². The van der Waals surface area contributed by atoms with E-state index in [0.29, 0.717) is 6.29 Å². The second kappa shape index (κ2) is 2.50. The standard InChI is InChI=1S/C5H8O2/c1-4(3-6)5(2)7/h3-4H,1-2H3. The first-order valence-corrected chi connectivity index (χ1v) is 2.14. The Kier molecular flexibility index (Phi) is 2.27. The number of hydrogen-bond acceptors (Lipinski definition) is 2. The number of Topliss-reactive ketones (excluding diaryl/α,β-unsaturated/α-hetero) is 1. The van der Waals surface area contributed by atoms with Crippen molar-refractivity contribution >= 4 is 12.1 Å². The van der Waals surface area contributed by atoms with Crippen molar-refractivity contribution in [3.63, 3.8) is 0 Å². The molecule has 0 spiro atoms. The lowest BCUT2D eigenvalue weighted by Gasteiger charge is -1.89. The Balaban J connectivity index is 3.55. The van der Waals surface area contributed by atoms with Crippen molar-refractivity contribution in [3.05, 3.63) is 0 Å². The van der Waals surface area contributed by atoms with Crippen molar-refractivity contribution in [1.29, 1.82) is 0 Å². The van der Waals surface area contributed by atoms with Crippen LogP contribution in [0.5, 0.6) is 0 Å². The summed E-state index contributed by atoms with van der Waals surface area (Å²) in [6.07, 6.45) is 0.641. The quantitative estimate of drug-likeness (QED) is 0.372. The third-order valence-electron chi connectivity index (χ3n) is 0.845. The average Bonchev–Trinajstić information content (AvgIpc) is 1.65. The number of carbonyl (C=O) groups excluding carboxylic acids is 2. The highest BCUT2D eigenvalue weighted by Gasteiger charge is 2.02. The molecule has 0 N–H and O–H groups in total. The molecule has 1 unspecified atom stereocenters. The second-order valence-electron chi connectivity index (χ2n) is 1.54. The summed E-state index contributed by atoms with van der Waals surface area (Å²) in [5, 5.41) is 0. The lowest BCUT2D eigenvalue weighted by Crippen LogP contribution is -2.06. The molecule has 0 amide bonds. The van der Waals surface area contributed by atoms with Crippen LogP contribution in [-0.4, -0.2) is 12.1 Å². The van der Waals surface area contributed by atoms with Gasteiger partial charge in [0.15, 0.2) is 0 Å².